The summed E-state index contributed by atoms with van der Waals surface area (Å²) in [5, 5.41) is 38.1. The fraction of sp³-hybridized carbons (Fsp3) is 0.286. The van der Waals surface area contributed by atoms with Crippen LogP contribution in [0.3, 0.4) is 0 Å². The van der Waals surface area contributed by atoms with Crippen molar-refractivity contribution in [2.24, 2.45) is 10.2 Å². The van der Waals surface area contributed by atoms with Gasteiger partial charge in [0.05, 0.1) is 39.5 Å². The molecule has 394 valence electrons. The van der Waals surface area contributed by atoms with Crippen molar-refractivity contribution in [3.05, 3.63) is 171 Å². The maximum absolute atomic E-state index is 14.1. The lowest BCUT2D eigenvalue weighted by molar-refractivity contribution is -0.118. The number of Topliss-reactive ketones (excluding diaryl/α,β-unsaturated/α-hetero) is 1. The highest BCUT2D eigenvalue weighted by atomic mass is 32.1. The van der Waals surface area contributed by atoms with Gasteiger partial charge in [-0.05, 0) is 91.6 Å². The average molecular weight is 1070 g/mol. The summed E-state index contributed by atoms with van der Waals surface area (Å²) < 4.78 is 28.2. The molecular weight excluding hydrogens is 1020 g/mol. The zero-order valence-corrected chi connectivity index (χ0v) is 43.1. The molecule has 12 rings (SSSR count). The molecule has 8 heterocycles. The summed E-state index contributed by atoms with van der Waals surface area (Å²) in [5.41, 5.74) is 5.76. The van der Waals surface area contributed by atoms with E-state index < -0.39 is 17.2 Å². The van der Waals surface area contributed by atoms with E-state index in [0.29, 0.717) is 134 Å². The number of ether oxygens (including phenoxy) is 2. The number of aromatic hydroxyl groups is 1. The number of nitrogens with zero attached hydrogens (tertiary/aromatic N) is 10. The third-order valence-corrected chi connectivity index (χ3v) is 15.2. The Hall–Kier alpha value is -8.89. The Balaban J connectivity index is 0.567. The first kappa shape index (κ1) is 50.0. The van der Waals surface area contributed by atoms with Crippen LogP contribution in [0.25, 0.3) is 21.4 Å². The summed E-state index contributed by atoms with van der Waals surface area (Å²) in [7, 11) is 0. The topological polar surface area (TPSA) is 262 Å². The van der Waals surface area contributed by atoms with Crippen LogP contribution in [0, 0.1) is 12.7 Å². The van der Waals surface area contributed by atoms with Gasteiger partial charge in [-0.1, -0.05) is 34.7 Å². The standard InChI is InChI=1S/C56H51FN14O6S/c1-32-5-10-39-46(24-32)76-47-28-36(72)8-11-40(47)56(39)41-27-34(7-9-38(41)54(75)77-56)52(74)60-20-3-23-71-30-35(67-70-71)13-17-55(68-69-55)18-14-37(73)25-33-6-12-43-44(26-33)65-48(64-43)15-21-58-22-16-49-66-50-51(62-31-63-53(50)78-49)61-29-45-42(57)4-2-19-59-45/h2,4-12,19,24,26-28,30-31,58,72H,3,13-18,20-23,25,29H2,1H3,(H,60,74)(H,64,65)(H,61,62,63). The third-order valence-electron chi connectivity index (χ3n) is 14.2. The predicted octanol–water partition coefficient (Wildman–Crippen LogP) is 8.16. The first-order valence-corrected chi connectivity index (χ1v) is 26.5. The van der Waals surface area contributed by atoms with E-state index in [-0.39, 0.29) is 29.8 Å². The largest absolute Gasteiger partial charge is 0.508 e. The van der Waals surface area contributed by atoms with Gasteiger partial charge < -0.3 is 35.5 Å². The van der Waals surface area contributed by atoms with Gasteiger partial charge in [0.1, 0.15) is 51.3 Å². The Morgan fingerprint density at radius 2 is 1.74 bits per heavy atom. The number of amides is 1. The minimum Gasteiger partial charge on any atom is -0.508 e. The smallest absolute Gasteiger partial charge is 0.340 e. The summed E-state index contributed by atoms with van der Waals surface area (Å²) in [6.45, 7) is 4.41. The number of carbonyl (C=O) groups excluding carboxylic acids is 3. The molecule has 0 bridgehead atoms. The van der Waals surface area contributed by atoms with Crippen LogP contribution in [0.1, 0.15) is 96.4 Å². The van der Waals surface area contributed by atoms with Crippen molar-refractivity contribution in [2.45, 2.75) is 82.6 Å². The van der Waals surface area contributed by atoms with Crippen molar-refractivity contribution < 1.29 is 33.4 Å². The number of hydrogen-bond donors (Lipinski definition) is 5. The molecule has 5 aromatic heterocycles. The molecular formula is C56H51FN14O6S. The SMILES string of the molecule is Cc1ccc2c(c1)Oc1cc(O)ccc1C21OC(=O)c2ccc(C(=O)NCCCn3cc(CCC4(CCC(=O)Cc5ccc6nc(CCNCCc7nc8c(NCc9ncccc9F)ncnc8s7)[nH]c6c5)N=N4)nn3)cc21. The molecule has 1 atom stereocenters. The van der Waals surface area contributed by atoms with Crippen molar-refractivity contribution in [3.63, 3.8) is 0 Å². The number of aryl methyl sites for hydroxylation is 3. The molecule has 0 aliphatic carbocycles. The number of rotatable bonds is 22. The van der Waals surface area contributed by atoms with Crippen LogP contribution in [0.15, 0.2) is 114 Å². The first-order valence-electron chi connectivity index (χ1n) is 25.7. The fourth-order valence-electron chi connectivity index (χ4n) is 10.1. The lowest BCUT2D eigenvalue weighted by atomic mass is 9.77. The summed E-state index contributed by atoms with van der Waals surface area (Å²) in [6.07, 6.45) is 9.27. The van der Waals surface area contributed by atoms with E-state index in [0.717, 1.165) is 43.5 Å². The number of fused-ring (bicyclic) bond motifs is 8. The van der Waals surface area contributed by atoms with Gasteiger partial charge in [0, 0.05) is 105 Å². The second kappa shape index (κ2) is 20.9. The van der Waals surface area contributed by atoms with Gasteiger partial charge in [0.15, 0.2) is 17.1 Å². The number of imidazole rings is 1. The summed E-state index contributed by atoms with van der Waals surface area (Å²) in [6, 6.07) is 24.1. The fourth-order valence-corrected chi connectivity index (χ4v) is 11.0. The van der Waals surface area contributed by atoms with Gasteiger partial charge in [-0.3, -0.25) is 19.3 Å². The maximum Gasteiger partial charge on any atom is 0.340 e. The normalized spacial score (nSPS) is 15.5. The molecule has 0 fully saturated rings. The van der Waals surface area contributed by atoms with E-state index in [9.17, 15) is 23.9 Å². The molecule has 20 nitrogen and oxygen atoms in total. The molecule has 4 aromatic carbocycles. The molecule has 78 heavy (non-hydrogen) atoms. The first-order chi connectivity index (χ1) is 38.0. The van der Waals surface area contributed by atoms with E-state index >= 15 is 0 Å². The number of esters is 1. The maximum atomic E-state index is 14.1. The minimum absolute atomic E-state index is 0.00566. The van der Waals surface area contributed by atoms with Crippen LogP contribution < -0.4 is 20.7 Å². The molecule has 1 amide bonds. The number of halogens is 1. The summed E-state index contributed by atoms with van der Waals surface area (Å²) in [5.74, 6) is 1.15. The summed E-state index contributed by atoms with van der Waals surface area (Å²) >= 11 is 1.50. The van der Waals surface area contributed by atoms with Gasteiger partial charge in [-0.15, -0.1) is 5.10 Å². The van der Waals surface area contributed by atoms with Gasteiger partial charge in [0.25, 0.3) is 5.91 Å². The highest BCUT2D eigenvalue weighted by Crippen LogP contribution is 2.57. The number of aromatic amines is 1. The van der Waals surface area contributed by atoms with Gasteiger partial charge in [-0.2, -0.15) is 10.2 Å². The minimum atomic E-state index is -1.37. The Kier molecular flexibility index (Phi) is 13.4. The van der Waals surface area contributed by atoms with Crippen LogP contribution in [0.2, 0.25) is 0 Å². The van der Waals surface area contributed by atoms with E-state index in [1.807, 2.05) is 49.5 Å². The second-order valence-corrected chi connectivity index (χ2v) is 20.7. The van der Waals surface area contributed by atoms with Crippen molar-refractivity contribution in [2.75, 3.05) is 25.0 Å². The Bertz CT molecular complexity index is 3780. The number of phenols is 1. The number of hydrogen-bond acceptors (Lipinski definition) is 18. The average Bonchev–Trinajstić information content (AvgIpc) is 3.15. The van der Waals surface area contributed by atoms with Crippen molar-refractivity contribution in [3.8, 4) is 17.2 Å². The zero-order chi connectivity index (χ0) is 53.4. The number of aromatic nitrogens is 9. The molecule has 3 aliphatic heterocycles. The quantitative estimate of drug-likeness (QED) is 0.0317. The predicted molar refractivity (Wildman–Crippen MR) is 285 cm³/mol. The van der Waals surface area contributed by atoms with E-state index in [1.165, 1.54) is 35.9 Å². The van der Waals surface area contributed by atoms with E-state index in [2.05, 4.69) is 56.4 Å². The lowest BCUT2D eigenvalue weighted by Gasteiger charge is -2.36. The molecule has 5 N–H and O–H groups in total. The Morgan fingerprint density at radius 1 is 0.885 bits per heavy atom. The van der Waals surface area contributed by atoms with E-state index in [4.69, 9.17) is 19.4 Å². The molecule has 22 heteroatoms. The van der Waals surface area contributed by atoms with Crippen LogP contribution in [0.5, 0.6) is 17.2 Å². The molecule has 0 saturated carbocycles. The number of thiazole rings is 1. The molecule has 0 radical (unpaired) electrons. The monoisotopic (exact) mass is 1070 g/mol. The summed E-state index contributed by atoms with van der Waals surface area (Å²) in [4.78, 5) is 66.6. The Labute approximate surface area is 449 Å². The molecule has 1 spiro atoms. The number of phenolic OH excluding ortho intramolecular Hbond substituents is 1. The van der Waals surface area contributed by atoms with Crippen LogP contribution in [-0.4, -0.2) is 93.0 Å². The molecule has 0 saturated heterocycles. The molecule has 9 aromatic rings. The number of pyridine rings is 1. The molecule has 3 aliphatic rings. The third kappa shape index (κ3) is 10.3. The number of H-pyrrole nitrogens is 1. The van der Waals surface area contributed by atoms with Gasteiger partial charge >= 0.3 is 5.97 Å². The number of benzene rings is 4. The highest BCUT2D eigenvalue weighted by Gasteiger charge is 2.54. The van der Waals surface area contributed by atoms with Crippen molar-refractivity contribution in [1.82, 2.24) is 55.5 Å². The van der Waals surface area contributed by atoms with Gasteiger partial charge in [0.2, 0.25) is 0 Å². The number of carbonyl (C=O) groups is 3. The number of nitrogens with one attached hydrogen (secondary N) is 4. The van der Waals surface area contributed by atoms with Crippen LogP contribution in [0.4, 0.5) is 10.2 Å². The number of ketones is 1. The van der Waals surface area contributed by atoms with E-state index in [1.54, 1.807) is 41.2 Å². The van der Waals surface area contributed by atoms with Crippen molar-refractivity contribution in [1.29, 1.82) is 0 Å². The Morgan fingerprint density at radius 3 is 2.62 bits per heavy atom. The highest BCUT2D eigenvalue weighted by molar-refractivity contribution is 7.18. The lowest BCUT2D eigenvalue weighted by Crippen LogP contribution is -2.33. The van der Waals surface area contributed by atoms with Crippen LogP contribution >= 0.6 is 11.3 Å². The van der Waals surface area contributed by atoms with Crippen LogP contribution in [-0.2, 0) is 53.9 Å². The number of anilines is 1. The van der Waals surface area contributed by atoms with Crippen molar-refractivity contribution >= 4 is 56.2 Å². The van der Waals surface area contributed by atoms with Gasteiger partial charge in [-0.25, -0.2) is 29.1 Å². The molecule has 1 unspecified atom stereocenters. The zero-order valence-electron chi connectivity index (χ0n) is 42.3. The second-order valence-electron chi connectivity index (χ2n) is 19.6.